The largest absolute Gasteiger partial charge is 0.294 e. The second-order valence-corrected chi connectivity index (χ2v) is 5.41. The molecular weight excluding hydrogens is 248 g/mol. The van der Waals surface area contributed by atoms with Gasteiger partial charge < -0.3 is 0 Å². The number of Topliss-reactive ketones (excluding diaryl/α,β-unsaturated/α-hetero) is 1. The van der Waals surface area contributed by atoms with Crippen molar-refractivity contribution in [1.82, 2.24) is 9.78 Å². The lowest BCUT2D eigenvalue weighted by Crippen LogP contribution is -2.07. The van der Waals surface area contributed by atoms with Crippen molar-refractivity contribution in [3.8, 4) is 0 Å². The number of aromatic nitrogens is 2. The van der Waals surface area contributed by atoms with Gasteiger partial charge in [-0.2, -0.15) is 5.10 Å². The second-order valence-electron chi connectivity index (χ2n) is 5.41. The van der Waals surface area contributed by atoms with Gasteiger partial charge in [0, 0.05) is 12.1 Å². The molecule has 1 aromatic carbocycles. The van der Waals surface area contributed by atoms with E-state index in [0.29, 0.717) is 6.42 Å². The fraction of sp³-hybridized carbons (Fsp3) is 0.412. The molecule has 106 valence electrons. The van der Waals surface area contributed by atoms with E-state index >= 15 is 0 Å². The molecule has 20 heavy (non-hydrogen) atoms. The summed E-state index contributed by atoms with van der Waals surface area (Å²) in [7, 11) is 0. The van der Waals surface area contributed by atoms with E-state index in [0.717, 1.165) is 23.5 Å². The molecule has 2 rings (SSSR count). The van der Waals surface area contributed by atoms with Gasteiger partial charge in [0.15, 0.2) is 5.78 Å². The van der Waals surface area contributed by atoms with Gasteiger partial charge in [-0.25, -0.2) is 0 Å². The molecular formula is C17H22N2O. The highest BCUT2D eigenvalue weighted by atomic mass is 16.1. The molecule has 0 amide bonds. The summed E-state index contributed by atoms with van der Waals surface area (Å²) in [5.74, 6) is 0.173. The predicted molar refractivity (Wildman–Crippen MR) is 81.3 cm³/mol. The van der Waals surface area contributed by atoms with Gasteiger partial charge in [-0.3, -0.25) is 9.48 Å². The van der Waals surface area contributed by atoms with Gasteiger partial charge in [0.1, 0.15) is 0 Å². The molecule has 0 radical (unpaired) electrons. The van der Waals surface area contributed by atoms with Crippen molar-refractivity contribution in [3.63, 3.8) is 0 Å². The van der Waals surface area contributed by atoms with Crippen LogP contribution in [0.4, 0.5) is 0 Å². The lowest BCUT2D eigenvalue weighted by Gasteiger charge is -2.09. The second kappa shape index (κ2) is 5.61. The Labute approximate surface area is 120 Å². The minimum Gasteiger partial charge on any atom is -0.294 e. The van der Waals surface area contributed by atoms with E-state index in [1.165, 1.54) is 16.7 Å². The first-order valence-electron chi connectivity index (χ1n) is 7.07. The predicted octanol–water partition coefficient (Wildman–Crippen LogP) is 3.76. The minimum atomic E-state index is 0.173. The number of carbonyl (C=O) groups excluding carboxylic acids is 1. The highest BCUT2D eigenvalue weighted by Gasteiger charge is 2.17. The van der Waals surface area contributed by atoms with Gasteiger partial charge in [0.05, 0.1) is 17.8 Å². The molecule has 0 saturated carbocycles. The topological polar surface area (TPSA) is 34.9 Å². The van der Waals surface area contributed by atoms with Crippen LogP contribution in [0.1, 0.15) is 51.8 Å². The van der Waals surface area contributed by atoms with Crippen molar-refractivity contribution in [1.29, 1.82) is 0 Å². The van der Waals surface area contributed by atoms with Crippen LogP contribution in [0.5, 0.6) is 0 Å². The molecule has 0 aliphatic heterocycles. The Morgan fingerprint density at radius 1 is 1.20 bits per heavy atom. The number of carbonyl (C=O) groups is 1. The minimum absolute atomic E-state index is 0.173. The summed E-state index contributed by atoms with van der Waals surface area (Å²) in [5, 5.41) is 4.54. The van der Waals surface area contributed by atoms with Crippen molar-refractivity contribution in [3.05, 3.63) is 51.8 Å². The third-order valence-electron chi connectivity index (χ3n) is 3.81. The summed E-state index contributed by atoms with van der Waals surface area (Å²) in [6.07, 6.45) is 0.525. The monoisotopic (exact) mass is 270 g/mol. The van der Waals surface area contributed by atoms with Crippen molar-refractivity contribution in [2.45, 2.75) is 47.6 Å². The van der Waals surface area contributed by atoms with Crippen LogP contribution in [-0.2, 0) is 6.54 Å². The first kappa shape index (κ1) is 14.5. The lowest BCUT2D eigenvalue weighted by molar-refractivity contribution is 0.0987. The van der Waals surface area contributed by atoms with Crippen molar-refractivity contribution < 1.29 is 4.79 Å². The number of rotatable bonds is 4. The molecule has 0 N–H and O–H groups in total. The average Bonchev–Trinajstić information content (AvgIpc) is 2.68. The van der Waals surface area contributed by atoms with Gasteiger partial charge in [-0.05, 0) is 38.8 Å². The van der Waals surface area contributed by atoms with Crippen LogP contribution in [0.15, 0.2) is 18.2 Å². The number of hydrogen-bond donors (Lipinski definition) is 0. The van der Waals surface area contributed by atoms with Crippen molar-refractivity contribution >= 4 is 5.78 Å². The van der Waals surface area contributed by atoms with E-state index in [2.05, 4.69) is 37.1 Å². The van der Waals surface area contributed by atoms with Crippen LogP contribution in [0.3, 0.4) is 0 Å². The maximum absolute atomic E-state index is 12.0. The molecule has 2 aromatic rings. The molecule has 3 nitrogen and oxygen atoms in total. The van der Waals surface area contributed by atoms with Gasteiger partial charge in [-0.1, -0.05) is 30.7 Å². The molecule has 0 aliphatic carbocycles. The Bertz CT molecular complexity index is 653. The summed E-state index contributed by atoms with van der Waals surface area (Å²) in [5.41, 5.74) is 6.35. The summed E-state index contributed by atoms with van der Waals surface area (Å²) >= 11 is 0. The van der Waals surface area contributed by atoms with E-state index in [1.807, 2.05) is 25.5 Å². The van der Waals surface area contributed by atoms with Crippen LogP contribution in [0, 0.1) is 27.7 Å². The zero-order valence-electron chi connectivity index (χ0n) is 12.9. The molecule has 0 saturated heterocycles. The van der Waals surface area contributed by atoms with Crippen molar-refractivity contribution in [2.75, 3.05) is 0 Å². The van der Waals surface area contributed by atoms with Gasteiger partial charge in [0.2, 0.25) is 0 Å². The molecule has 1 aromatic heterocycles. The van der Waals surface area contributed by atoms with Crippen LogP contribution < -0.4 is 0 Å². The lowest BCUT2D eigenvalue weighted by atomic mass is 10.1. The summed E-state index contributed by atoms with van der Waals surface area (Å²) in [4.78, 5) is 12.0. The molecule has 0 fully saturated rings. The Kier molecular flexibility index (Phi) is 4.07. The first-order valence-corrected chi connectivity index (χ1v) is 7.07. The maximum Gasteiger partial charge on any atom is 0.166 e. The summed E-state index contributed by atoms with van der Waals surface area (Å²) in [6.45, 7) is 10.7. The molecule has 0 spiro atoms. The van der Waals surface area contributed by atoms with E-state index in [9.17, 15) is 4.79 Å². The Balaban J connectivity index is 2.40. The van der Waals surface area contributed by atoms with Crippen LogP contribution in [0.25, 0.3) is 0 Å². The van der Waals surface area contributed by atoms with Crippen LogP contribution >= 0.6 is 0 Å². The first-order chi connectivity index (χ1) is 9.43. The fourth-order valence-electron chi connectivity index (χ4n) is 2.56. The highest BCUT2D eigenvalue weighted by Crippen LogP contribution is 2.18. The van der Waals surface area contributed by atoms with E-state index in [-0.39, 0.29) is 5.78 Å². The molecule has 1 heterocycles. The fourth-order valence-corrected chi connectivity index (χ4v) is 2.56. The quantitative estimate of drug-likeness (QED) is 0.793. The number of nitrogens with zero attached hydrogens (tertiary/aromatic N) is 2. The Morgan fingerprint density at radius 3 is 2.55 bits per heavy atom. The summed E-state index contributed by atoms with van der Waals surface area (Å²) in [6, 6.07) is 6.44. The molecule has 0 unspecified atom stereocenters. The molecule has 3 heteroatoms. The number of benzene rings is 1. The highest BCUT2D eigenvalue weighted by molar-refractivity contribution is 5.97. The van der Waals surface area contributed by atoms with Gasteiger partial charge in [0.25, 0.3) is 0 Å². The van der Waals surface area contributed by atoms with Gasteiger partial charge in [-0.15, -0.1) is 0 Å². The SMILES string of the molecule is CCC(=O)c1c(C)nn(Cc2cc(C)ccc2C)c1C. The number of ketones is 1. The zero-order valence-corrected chi connectivity index (χ0v) is 12.9. The normalized spacial score (nSPS) is 10.8. The van der Waals surface area contributed by atoms with Crippen LogP contribution in [-0.4, -0.2) is 15.6 Å². The molecule has 0 atom stereocenters. The molecule has 0 bridgehead atoms. The third kappa shape index (κ3) is 2.67. The average molecular weight is 270 g/mol. The van der Waals surface area contributed by atoms with E-state index < -0.39 is 0 Å². The smallest absolute Gasteiger partial charge is 0.166 e. The molecule has 0 aliphatic rings. The zero-order chi connectivity index (χ0) is 14.9. The van der Waals surface area contributed by atoms with Crippen molar-refractivity contribution in [2.24, 2.45) is 0 Å². The third-order valence-corrected chi connectivity index (χ3v) is 3.81. The number of aryl methyl sites for hydroxylation is 3. The van der Waals surface area contributed by atoms with E-state index in [1.54, 1.807) is 0 Å². The number of hydrogen-bond acceptors (Lipinski definition) is 2. The van der Waals surface area contributed by atoms with Crippen LogP contribution in [0.2, 0.25) is 0 Å². The van der Waals surface area contributed by atoms with Gasteiger partial charge >= 0.3 is 0 Å². The van der Waals surface area contributed by atoms with E-state index in [4.69, 9.17) is 0 Å². The standard InChI is InChI=1S/C17H22N2O/c1-6-16(20)17-13(4)18-19(14(17)5)10-15-9-11(2)7-8-12(15)3/h7-9H,6,10H2,1-5H3. The Morgan fingerprint density at radius 2 is 1.90 bits per heavy atom. The Hall–Kier alpha value is -1.90. The summed E-state index contributed by atoms with van der Waals surface area (Å²) < 4.78 is 1.94. The maximum atomic E-state index is 12.0.